The van der Waals surface area contributed by atoms with Crippen LogP contribution in [0.2, 0.25) is 0 Å². The highest BCUT2D eigenvalue weighted by atomic mass is 35.5. The predicted molar refractivity (Wildman–Crippen MR) is 76.0 cm³/mol. The molecule has 0 bridgehead atoms. The van der Waals surface area contributed by atoms with Crippen LogP contribution in [0.15, 0.2) is 41.5 Å². The van der Waals surface area contributed by atoms with E-state index in [0.29, 0.717) is 19.7 Å². The van der Waals surface area contributed by atoms with E-state index in [4.69, 9.17) is 4.74 Å². The number of aryl methyl sites for hydroxylation is 2. The van der Waals surface area contributed by atoms with Crippen LogP contribution < -0.4 is 10.4 Å². The van der Waals surface area contributed by atoms with Crippen LogP contribution in [0.5, 0.6) is 5.75 Å². The van der Waals surface area contributed by atoms with Crippen molar-refractivity contribution in [2.45, 2.75) is 26.4 Å². The van der Waals surface area contributed by atoms with E-state index in [-0.39, 0.29) is 18.1 Å². The normalized spacial score (nSPS) is 9.95. The molecule has 1 aromatic carbocycles. The van der Waals surface area contributed by atoms with Gasteiger partial charge in [0.25, 0.3) is 0 Å². The van der Waals surface area contributed by atoms with Crippen LogP contribution in [0.4, 0.5) is 0 Å². The maximum atomic E-state index is 11.7. The van der Waals surface area contributed by atoms with Gasteiger partial charge in [-0.25, -0.2) is 9.48 Å². The second kappa shape index (κ2) is 7.63. The number of benzene rings is 1. The number of aromatic nitrogens is 3. The molecule has 0 saturated heterocycles. The van der Waals surface area contributed by atoms with Gasteiger partial charge in [-0.2, -0.15) is 5.10 Å². The molecule has 0 unspecified atom stereocenters. The Morgan fingerprint density at radius 3 is 2.63 bits per heavy atom. The third kappa shape index (κ3) is 4.13. The molecular weight excluding hydrogens is 266 g/mol. The van der Waals surface area contributed by atoms with Crippen molar-refractivity contribution in [2.24, 2.45) is 0 Å². The van der Waals surface area contributed by atoms with Gasteiger partial charge < -0.3 is 4.74 Å². The highest BCUT2D eigenvalue weighted by Gasteiger charge is 2.02. The second-order valence-corrected chi connectivity index (χ2v) is 3.94. The summed E-state index contributed by atoms with van der Waals surface area (Å²) in [6.45, 7) is 3.73. The summed E-state index contributed by atoms with van der Waals surface area (Å²) in [7, 11) is 0. The number of para-hydroxylation sites is 1. The first-order valence-corrected chi connectivity index (χ1v) is 6.11. The molecule has 0 radical (unpaired) electrons. The number of hydrogen-bond acceptors (Lipinski definition) is 3. The fraction of sp³-hybridized carbons (Fsp3) is 0.385. The Balaban J connectivity index is 0.00000180. The molecule has 0 fully saturated rings. The summed E-state index contributed by atoms with van der Waals surface area (Å²) in [6.07, 6.45) is 2.36. The van der Waals surface area contributed by atoms with Gasteiger partial charge in [-0.15, -0.1) is 12.4 Å². The topological polar surface area (TPSA) is 49.0 Å². The van der Waals surface area contributed by atoms with Gasteiger partial charge in [0, 0.05) is 13.1 Å². The lowest BCUT2D eigenvalue weighted by Crippen LogP contribution is -2.24. The third-order valence-electron chi connectivity index (χ3n) is 2.65. The SMILES string of the molecule is CCn1ncn(CCCOc2ccccc2)c1=O.Cl. The lowest BCUT2D eigenvalue weighted by molar-refractivity contribution is 0.300. The Labute approximate surface area is 118 Å². The monoisotopic (exact) mass is 283 g/mol. The Hall–Kier alpha value is -1.75. The zero-order valence-corrected chi connectivity index (χ0v) is 11.7. The van der Waals surface area contributed by atoms with Gasteiger partial charge in [0.2, 0.25) is 0 Å². The maximum Gasteiger partial charge on any atom is 0.345 e. The van der Waals surface area contributed by atoms with Crippen molar-refractivity contribution in [3.63, 3.8) is 0 Å². The molecular formula is C13H18ClN3O2. The molecule has 0 aliphatic rings. The molecule has 2 aromatic rings. The van der Waals surface area contributed by atoms with Crippen LogP contribution in [0, 0.1) is 0 Å². The van der Waals surface area contributed by atoms with E-state index in [2.05, 4.69) is 5.10 Å². The van der Waals surface area contributed by atoms with Crippen molar-refractivity contribution in [2.75, 3.05) is 6.61 Å². The predicted octanol–water partition coefficient (Wildman–Crippen LogP) is 1.96. The second-order valence-electron chi connectivity index (χ2n) is 3.94. The van der Waals surface area contributed by atoms with Crippen molar-refractivity contribution in [1.29, 1.82) is 0 Å². The molecule has 6 heteroatoms. The average Bonchev–Trinajstić information content (AvgIpc) is 2.77. The van der Waals surface area contributed by atoms with E-state index in [1.165, 1.54) is 4.68 Å². The molecule has 0 aliphatic heterocycles. The largest absolute Gasteiger partial charge is 0.494 e. The molecule has 104 valence electrons. The minimum Gasteiger partial charge on any atom is -0.494 e. The minimum atomic E-state index is -0.0581. The Kier molecular flexibility index (Phi) is 6.15. The molecule has 0 saturated carbocycles. The molecule has 1 aromatic heterocycles. The molecule has 0 aliphatic carbocycles. The van der Waals surface area contributed by atoms with Crippen LogP contribution in [-0.4, -0.2) is 21.0 Å². The van der Waals surface area contributed by atoms with Crippen LogP contribution in [0.25, 0.3) is 0 Å². The Bertz CT molecular complexity index is 536. The molecule has 0 N–H and O–H groups in total. The van der Waals surface area contributed by atoms with Crippen LogP contribution in [0.3, 0.4) is 0 Å². The van der Waals surface area contributed by atoms with Crippen molar-refractivity contribution >= 4 is 12.4 Å². The van der Waals surface area contributed by atoms with E-state index < -0.39 is 0 Å². The van der Waals surface area contributed by atoms with E-state index >= 15 is 0 Å². The van der Waals surface area contributed by atoms with Crippen molar-refractivity contribution < 1.29 is 4.74 Å². The molecule has 0 atom stereocenters. The lowest BCUT2D eigenvalue weighted by Gasteiger charge is -2.05. The summed E-state index contributed by atoms with van der Waals surface area (Å²) in [5.41, 5.74) is -0.0581. The first kappa shape index (κ1) is 15.3. The van der Waals surface area contributed by atoms with Gasteiger partial charge >= 0.3 is 5.69 Å². The first-order valence-electron chi connectivity index (χ1n) is 6.11. The summed E-state index contributed by atoms with van der Waals surface area (Å²) in [6, 6.07) is 9.66. The zero-order valence-electron chi connectivity index (χ0n) is 10.9. The Morgan fingerprint density at radius 2 is 2.00 bits per heavy atom. The first-order chi connectivity index (χ1) is 8.81. The Morgan fingerprint density at radius 1 is 1.26 bits per heavy atom. The van der Waals surface area contributed by atoms with Gasteiger partial charge in [-0.3, -0.25) is 4.57 Å². The summed E-state index contributed by atoms with van der Waals surface area (Å²) in [4.78, 5) is 11.7. The zero-order chi connectivity index (χ0) is 12.8. The van der Waals surface area contributed by atoms with E-state index in [1.54, 1.807) is 10.9 Å². The fourth-order valence-electron chi connectivity index (χ4n) is 1.68. The molecule has 1 heterocycles. The maximum absolute atomic E-state index is 11.7. The average molecular weight is 284 g/mol. The molecule has 2 rings (SSSR count). The molecule has 0 spiro atoms. The summed E-state index contributed by atoms with van der Waals surface area (Å²) in [5, 5.41) is 4.00. The highest BCUT2D eigenvalue weighted by Crippen LogP contribution is 2.08. The third-order valence-corrected chi connectivity index (χ3v) is 2.65. The quantitative estimate of drug-likeness (QED) is 0.762. The molecule has 5 nitrogen and oxygen atoms in total. The summed E-state index contributed by atoms with van der Waals surface area (Å²) >= 11 is 0. The molecule has 19 heavy (non-hydrogen) atoms. The van der Waals surface area contributed by atoms with E-state index in [9.17, 15) is 4.79 Å². The minimum absolute atomic E-state index is 0. The fourth-order valence-corrected chi connectivity index (χ4v) is 1.68. The van der Waals surface area contributed by atoms with Gasteiger partial charge in [-0.1, -0.05) is 18.2 Å². The summed E-state index contributed by atoms with van der Waals surface area (Å²) < 4.78 is 8.61. The number of halogens is 1. The number of ether oxygens (including phenoxy) is 1. The van der Waals surface area contributed by atoms with Crippen molar-refractivity contribution in [3.05, 3.63) is 47.1 Å². The standard InChI is InChI=1S/C13H17N3O2.ClH/c1-2-16-13(17)15(11-14-16)9-6-10-18-12-7-4-3-5-8-12;/h3-5,7-8,11H,2,6,9-10H2,1H3;1H. The van der Waals surface area contributed by atoms with Crippen molar-refractivity contribution in [1.82, 2.24) is 14.3 Å². The number of rotatable bonds is 6. The van der Waals surface area contributed by atoms with Gasteiger partial charge in [0.15, 0.2) is 0 Å². The van der Waals surface area contributed by atoms with Gasteiger partial charge in [0.05, 0.1) is 6.61 Å². The smallest absolute Gasteiger partial charge is 0.345 e. The number of nitrogens with zero attached hydrogens (tertiary/aromatic N) is 3. The summed E-state index contributed by atoms with van der Waals surface area (Å²) in [5.74, 6) is 0.856. The van der Waals surface area contributed by atoms with Crippen LogP contribution in [-0.2, 0) is 13.1 Å². The number of hydrogen-bond donors (Lipinski definition) is 0. The molecule has 0 amide bonds. The van der Waals surface area contributed by atoms with Crippen LogP contribution in [0.1, 0.15) is 13.3 Å². The van der Waals surface area contributed by atoms with Crippen LogP contribution >= 0.6 is 12.4 Å². The van der Waals surface area contributed by atoms with E-state index in [0.717, 1.165) is 12.2 Å². The lowest BCUT2D eigenvalue weighted by atomic mass is 10.3. The highest BCUT2D eigenvalue weighted by molar-refractivity contribution is 5.85. The van der Waals surface area contributed by atoms with E-state index in [1.807, 2.05) is 37.3 Å². The van der Waals surface area contributed by atoms with Crippen molar-refractivity contribution in [3.8, 4) is 5.75 Å². The van der Waals surface area contributed by atoms with Gasteiger partial charge in [-0.05, 0) is 25.5 Å². The van der Waals surface area contributed by atoms with Gasteiger partial charge in [0.1, 0.15) is 12.1 Å².